The van der Waals surface area contributed by atoms with Crippen molar-refractivity contribution in [2.24, 2.45) is 11.5 Å². The Bertz CT molecular complexity index is 1080. The first-order valence-corrected chi connectivity index (χ1v) is 11.8. The van der Waals surface area contributed by atoms with Crippen LogP contribution in [0, 0.1) is 0 Å². The van der Waals surface area contributed by atoms with Crippen molar-refractivity contribution in [2.75, 3.05) is 0 Å². The maximum atomic E-state index is 12.9. The smallest absolute Gasteiger partial charge is 0.326 e. The third-order valence-corrected chi connectivity index (χ3v) is 5.60. The lowest BCUT2D eigenvalue weighted by molar-refractivity contribution is -0.142. The molecule has 8 N–H and O–H groups in total. The largest absolute Gasteiger partial charge is 0.480 e. The van der Waals surface area contributed by atoms with Crippen molar-refractivity contribution >= 4 is 29.6 Å². The summed E-state index contributed by atoms with van der Waals surface area (Å²) < 4.78 is 0. The number of hydrogen-bond acceptors (Lipinski definition) is 6. The molecule has 4 unspecified atom stereocenters. The molecular formula is C26H33N5O6. The SMILES string of the molecule is CC(NC(=O)C(N)Cc1ccccc1)C(=O)NC(CCC(N)=O)C(=O)NC(Cc1ccccc1)C(=O)O. The van der Waals surface area contributed by atoms with Gasteiger partial charge in [-0.3, -0.25) is 19.2 Å². The molecule has 0 bridgehead atoms. The highest BCUT2D eigenvalue weighted by molar-refractivity contribution is 5.94. The van der Waals surface area contributed by atoms with Crippen LogP contribution in [-0.2, 0) is 36.8 Å². The highest BCUT2D eigenvalue weighted by Crippen LogP contribution is 2.06. The molecule has 2 aromatic carbocycles. The Morgan fingerprint density at radius 1 is 0.757 bits per heavy atom. The lowest BCUT2D eigenvalue weighted by Gasteiger charge is -2.23. The minimum Gasteiger partial charge on any atom is -0.480 e. The van der Waals surface area contributed by atoms with Crippen LogP contribution in [0.5, 0.6) is 0 Å². The lowest BCUT2D eigenvalue weighted by Crippen LogP contribution is -2.56. The number of benzene rings is 2. The fourth-order valence-electron chi connectivity index (χ4n) is 3.52. The molecule has 11 heteroatoms. The highest BCUT2D eigenvalue weighted by atomic mass is 16.4. The average molecular weight is 512 g/mol. The van der Waals surface area contributed by atoms with Crippen molar-refractivity contribution < 1.29 is 29.1 Å². The number of nitrogens with one attached hydrogen (secondary N) is 3. The van der Waals surface area contributed by atoms with Crippen molar-refractivity contribution in [3.05, 3.63) is 71.8 Å². The Morgan fingerprint density at radius 3 is 1.78 bits per heavy atom. The van der Waals surface area contributed by atoms with Gasteiger partial charge in [0.15, 0.2) is 0 Å². The molecule has 0 saturated carbocycles. The zero-order chi connectivity index (χ0) is 27.4. The highest BCUT2D eigenvalue weighted by Gasteiger charge is 2.29. The Kier molecular flexibility index (Phi) is 11.2. The predicted octanol–water partition coefficient (Wildman–Crippen LogP) is -0.376. The first-order chi connectivity index (χ1) is 17.6. The number of hydrogen-bond donors (Lipinski definition) is 6. The second-order valence-corrected chi connectivity index (χ2v) is 8.68. The molecule has 0 aliphatic heterocycles. The predicted molar refractivity (Wildman–Crippen MR) is 136 cm³/mol. The molecule has 2 rings (SSSR count). The standard InChI is InChI=1S/C26H33N5O6/c1-16(29-24(34)19(27)14-17-8-4-2-5-9-17)23(33)30-20(12-13-22(28)32)25(35)31-21(26(36)37)15-18-10-6-3-7-11-18/h2-11,16,19-21H,12-15,27H2,1H3,(H2,28,32)(H,29,34)(H,30,33)(H,31,35)(H,36,37). The molecule has 37 heavy (non-hydrogen) atoms. The summed E-state index contributed by atoms with van der Waals surface area (Å²) in [6, 6.07) is 13.4. The molecule has 0 aliphatic rings. The van der Waals surface area contributed by atoms with Crippen molar-refractivity contribution in [1.29, 1.82) is 0 Å². The summed E-state index contributed by atoms with van der Waals surface area (Å²) in [5.74, 6) is -4.01. The quantitative estimate of drug-likeness (QED) is 0.199. The zero-order valence-electron chi connectivity index (χ0n) is 20.6. The monoisotopic (exact) mass is 511 g/mol. The van der Waals surface area contributed by atoms with Gasteiger partial charge in [-0.2, -0.15) is 0 Å². The normalized spacial score (nSPS) is 13.9. The van der Waals surface area contributed by atoms with Crippen LogP contribution in [-0.4, -0.2) is 58.9 Å². The fourth-order valence-corrected chi connectivity index (χ4v) is 3.52. The van der Waals surface area contributed by atoms with Gasteiger partial charge in [-0.15, -0.1) is 0 Å². The van der Waals surface area contributed by atoms with Crippen molar-refractivity contribution in [3.63, 3.8) is 0 Å². The van der Waals surface area contributed by atoms with Crippen LogP contribution >= 0.6 is 0 Å². The van der Waals surface area contributed by atoms with Crippen LogP contribution < -0.4 is 27.4 Å². The Labute approximate surface area is 215 Å². The van der Waals surface area contributed by atoms with E-state index in [4.69, 9.17) is 11.5 Å². The van der Waals surface area contributed by atoms with E-state index in [1.165, 1.54) is 6.92 Å². The zero-order valence-corrected chi connectivity index (χ0v) is 20.6. The van der Waals surface area contributed by atoms with E-state index in [-0.39, 0.29) is 25.7 Å². The average Bonchev–Trinajstić information content (AvgIpc) is 2.86. The Morgan fingerprint density at radius 2 is 1.27 bits per heavy atom. The molecule has 0 saturated heterocycles. The van der Waals surface area contributed by atoms with Crippen LogP contribution in [0.15, 0.2) is 60.7 Å². The maximum Gasteiger partial charge on any atom is 0.326 e. The van der Waals surface area contributed by atoms with Gasteiger partial charge in [0.1, 0.15) is 18.1 Å². The Hall–Kier alpha value is -4.25. The molecule has 198 valence electrons. The minimum absolute atomic E-state index is 0.0180. The molecule has 2 aromatic rings. The van der Waals surface area contributed by atoms with Crippen LogP contribution in [0.1, 0.15) is 30.9 Å². The lowest BCUT2D eigenvalue weighted by atomic mass is 10.0. The summed E-state index contributed by atoms with van der Waals surface area (Å²) in [5, 5.41) is 17.0. The van der Waals surface area contributed by atoms with Crippen LogP contribution in [0.4, 0.5) is 0 Å². The van der Waals surface area contributed by atoms with Crippen molar-refractivity contribution in [1.82, 2.24) is 16.0 Å². The van der Waals surface area contributed by atoms with Gasteiger partial charge in [0.25, 0.3) is 0 Å². The molecule has 0 heterocycles. The number of carboxylic acid groups (broad SMARTS) is 1. The van der Waals surface area contributed by atoms with Gasteiger partial charge in [0.05, 0.1) is 6.04 Å². The molecule has 0 aromatic heterocycles. The second-order valence-electron chi connectivity index (χ2n) is 8.68. The maximum absolute atomic E-state index is 12.9. The summed E-state index contributed by atoms with van der Waals surface area (Å²) in [7, 11) is 0. The molecule has 11 nitrogen and oxygen atoms in total. The summed E-state index contributed by atoms with van der Waals surface area (Å²) in [6.07, 6.45) is -0.0942. The van der Waals surface area contributed by atoms with E-state index in [1.807, 2.05) is 30.3 Å². The van der Waals surface area contributed by atoms with E-state index in [2.05, 4.69) is 16.0 Å². The van der Waals surface area contributed by atoms with Crippen LogP contribution in [0.3, 0.4) is 0 Å². The van der Waals surface area contributed by atoms with E-state index in [0.717, 1.165) is 5.56 Å². The Balaban J connectivity index is 2.01. The first-order valence-electron chi connectivity index (χ1n) is 11.8. The molecular weight excluding hydrogens is 478 g/mol. The topological polar surface area (TPSA) is 194 Å². The number of carboxylic acids is 1. The van der Waals surface area contributed by atoms with E-state index < -0.39 is 53.8 Å². The molecule has 0 fully saturated rings. The van der Waals surface area contributed by atoms with Gasteiger partial charge >= 0.3 is 5.97 Å². The summed E-state index contributed by atoms with van der Waals surface area (Å²) in [4.78, 5) is 61.2. The first kappa shape index (κ1) is 29.0. The molecule has 0 spiro atoms. The number of nitrogens with two attached hydrogens (primary N) is 2. The molecule has 0 radical (unpaired) electrons. The van der Waals surface area contributed by atoms with Gasteiger partial charge in [-0.1, -0.05) is 60.7 Å². The number of carbonyl (C=O) groups excluding carboxylic acids is 4. The summed E-state index contributed by atoms with van der Waals surface area (Å²) in [5.41, 5.74) is 12.7. The van der Waals surface area contributed by atoms with Gasteiger partial charge < -0.3 is 32.5 Å². The third kappa shape index (κ3) is 10.1. The van der Waals surface area contributed by atoms with E-state index in [9.17, 15) is 29.1 Å². The molecule has 0 aliphatic carbocycles. The van der Waals surface area contributed by atoms with Crippen LogP contribution in [0.25, 0.3) is 0 Å². The second kappa shape index (κ2) is 14.3. The van der Waals surface area contributed by atoms with Gasteiger partial charge in [-0.05, 0) is 30.9 Å². The van der Waals surface area contributed by atoms with E-state index >= 15 is 0 Å². The van der Waals surface area contributed by atoms with Crippen molar-refractivity contribution in [2.45, 2.75) is 56.8 Å². The van der Waals surface area contributed by atoms with Crippen molar-refractivity contribution in [3.8, 4) is 0 Å². The fraction of sp³-hybridized carbons (Fsp3) is 0.346. The number of carbonyl (C=O) groups is 5. The van der Waals surface area contributed by atoms with Gasteiger partial charge in [-0.25, -0.2) is 4.79 Å². The number of amides is 4. The van der Waals surface area contributed by atoms with Crippen LogP contribution in [0.2, 0.25) is 0 Å². The number of aliphatic carboxylic acids is 1. The van der Waals surface area contributed by atoms with E-state index in [0.29, 0.717) is 5.56 Å². The van der Waals surface area contributed by atoms with E-state index in [1.54, 1.807) is 30.3 Å². The number of primary amides is 1. The minimum atomic E-state index is -1.27. The van der Waals surface area contributed by atoms with Gasteiger partial charge in [0.2, 0.25) is 23.6 Å². The third-order valence-electron chi connectivity index (χ3n) is 5.60. The summed E-state index contributed by atoms with van der Waals surface area (Å²) >= 11 is 0. The summed E-state index contributed by atoms with van der Waals surface area (Å²) in [6.45, 7) is 1.42. The molecule has 4 amide bonds. The number of rotatable bonds is 14. The molecule has 4 atom stereocenters. The van der Waals surface area contributed by atoms with Gasteiger partial charge in [0, 0.05) is 12.8 Å².